The van der Waals surface area contributed by atoms with Crippen molar-refractivity contribution in [2.75, 3.05) is 18.8 Å². The number of anilines is 1. The van der Waals surface area contributed by atoms with Gasteiger partial charge in [-0.2, -0.15) is 0 Å². The van der Waals surface area contributed by atoms with Crippen LogP contribution in [0.3, 0.4) is 0 Å². The van der Waals surface area contributed by atoms with Gasteiger partial charge in [0.05, 0.1) is 0 Å². The van der Waals surface area contributed by atoms with Gasteiger partial charge in [-0.25, -0.2) is 0 Å². The fraction of sp³-hybridized carbons (Fsp3) is 0.333. The lowest BCUT2D eigenvalue weighted by Gasteiger charge is -2.32. The summed E-state index contributed by atoms with van der Waals surface area (Å²) in [5, 5.41) is 2.72. The lowest BCUT2D eigenvalue weighted by molar-refractivity contribution is -0.127. The summed E-state index contributed by atoms with van der Waals surface area (Å²) >= 11 is 3.28. The van der Waals surface area contributed by atoms with E-state index in [0.29, 0.717) is 24.3 Å². The Morgan fingerprint density at radius 3 is 2.94 bits per heavy atom. The van der Waals surface area contributed by atoms with Gasteiger partial charge < -0.3 is 16.0 Å². The highest BCUT2D eigenvalue weighted by Crippen LogP contribution is 2.21. The van der Waals surface area contributed by atoms with Crippen LogP contribution in [0, 0.1) is 0 Å². The first kappa shape index (κ1) is 12.9. The van der Waals surface area contributed by atoms with E-state index in [0.717, 1.165) is 4.47 Å². The Balaban J connectivity index is 2.25. The fourth-order valence-corrected chi connectivity index (χ4v) is 2.15. The van der Waals surface area contributed by atoms with Crippen LogP contribution in [0.15, 0.2) is 22.7 Å². The molecule has 96 valence electrons. The van der Waals surface area contributed by atoms with E-state index in [1.54, 1.807) is 30.0 Å². The number of hydrogen-bond acceptors (Lipinski definition) is 3. The molecule has 1 aliphatic rings. The maximum absolute atomic E-state index is 12.3. The van der Waals surface area contributed by atoms with Crippen LogP contribution in [0.2, 0.25) is 0 Å². The number of nitrogens with two attached hydrogens (primary N) is 1. The molecule has 18 heavy (non-hydrogen) atoms. The van der Waals surface area contributed by atoms with Crippen molar-refractivity contribution in [3.8, 4) is 0 Å². The van der Waals surface area contributed by atoms with Gasteiger partial charge in [-0.05, 0) is 41.1 Å². The summed E-state index contributed by atoms with van der Waals surface area (Å²) < 4.78 is 0.753. The summed E-state index contributed by atoms with van der Waals surface area (Å²) in [6.07, 6.45) is 0. The molecule has 3 N–H and O–H groups in total. The van der Waals surface area contributed by atoms with Gasteiger partial charge in [0.15, 0.2) is 0 Å². The first-order valence-electron chi connectivity index (χ1n) is 5.64. The van der Waals surface area contributed by atoms with Crippen LogP contribution in [0.1, 0.15) is 17.3 Å². The number of carbonyl (C=O) groups is 2. The van der Waals surface area contributed by atoms with E-state index in [2.05, 4.69) is 21.2 Å². The Hall–Kier alpha value is -1.56. The topological polar surface area (TPSA) is 75.4 Å². The molecule has 0 saturated carbocycles. The molecule has 1 heterocycles. The van der Waals surface area contributed by atoms with Crippen molar-refractivity contribution in [3.63, 3.8) is 0 Å². The van der Waals surface area contributed by atoms with E-state index in [9.17, 15) is 9.59 Å². The lowest BCUT2D eigenvalue weighted by atomic mass is 10.1. The monoisotopic (exact) mass is 311 g/mol. The van der Waals surface area contributed by atoms with Crippen molar-refractivity contribution in [1.29, 1.82) is 0 Å². The number of piperazine rings is 1. The van der Waals surface area contributed by atoms with Gasteiger partial charge in [0, 0.05) is 28.8 Å². The standard InChI is InChI=1S/C12H14BrN3O2/c1-7-11(17)15-4-5-16(7)12(18)8-2-3-9(13)10(14)6-8/h2-3,6-7H,4-5,14H2,1H3,(H,15,17). The van der Waals surface area contributed by atoms with Crippen molar-refractivity contribution in [2.45, 2.75) is 13.0 Å². The molecule has 1 atom stereocenters. The maximum atomic E-state index is 12.3. The first-order chi connectivity index (χ1) is 8.50. The van der Waals surface area contributed by atoms with Gasteiger partial charge in [-0.1, -0.05) is 0 Å². The van der Waals surface area contributed by atoms with E-state index in [-0.39, 0.29) is 11.8 Å². The number of nitrogens with zero attached hydrogens (tertiary/aromatic N) is 1. The number of rotatable bonds is 1. The fourth-order valence-electron chi connectivity index (χ4n) is 1.90. The number of hydrogen-bond donors (Lipinski definition) is 2. The molecule has 1 saturated heterocycles. The third kappa shape index (κ3) is 2.33. The molecule has 1 unspecified atom stereocenters. The Labute approximate surface area is 113 Å². The molecular formula is C12H14BrN3O2. The maximum Gasteiger partial charge on any atom is 0.254 e. The van der Waals surface area contributed by atoms with Crippen LogP contribution in [-0.2, 0) is 4.79 Å². The van der Waals surface area contributed by atoms with Gasteiger partial charge in [-0.15, -0.1) is 0 Å². The van der Waals surface area contributed by atoms with Crippen LogP contribution in [0.25, 0.3) is 0 Å². The van der Waals surface area contributed by atoms with Crippen molar-refractivity contribution < 1.29 is 9.59 Å². The number of halogens is 1. The second-order valence-electron chi connectivity index (χ2n) is 4.20. The number of amides is 2. The molecule has 5 nitrogen and oxygen atoms in total. The quantitative estimate of drug-likeness (QED) is 0.760. The number of nitrogens with one attached hydrogen (secondary N) is 1. The van der Waals surface area contributed by atoms with E-state index >= 15 is 0 Å². The number of nitrogen functional groups attached to an aromatic ring is 1. The molecule has 0 spiro atoms. The molecule has 0 radical (unpaired) electrons. The third-order valence-corrected chi connectivity index (χ3v) is 3.72. The minimum absolute atomic E-state index is 0.125. The van der Waals surface area contributed by atoms with Gasteiger partial charge in [0.2, 0.25) is 5.91 Å². The molecular weight excluding hydrogens is 298 g/mol. The molecule has 2 rings (SSSR count). The molecule has 2 amide bonds. The highest BCUT2D eigenvalue weighted by molar-refractivity contribution is 9.10. The summed E-state index contributed by atoms with van der Waals surface area (Å²) in [6, 6.07) is 4.60. The zero-order valence-corrected chi connectivity index (χ0v) is 11.5. The summed E-state index contributed by atoms with van der Waals surface area (Å²) in [5.74, 6) is -0.295. The normalized spacial score (nSPS) is 19.6. The molecule has 1 aliphatic heterocycles. The molecule has 1 aromatic carbocycles. The summed E-state index contributed by atoms with van der Waals surface area (Å²) in [7, 11) is 0. The second-order valence-corrected chi connectivity index (χ2v) is 5.06. The smallest absolute Gasteiger partial charge is 0.254 e. The highest BCUT2D eigenvalue weighted by atomic mass is 79.9. The van der Waals surface area contributed by atoms with Crippen LogP contribution in [-0.4, -0.2) is 35.8 Å². The number of carbonyl (C=O) groups excluding carboxylic acids is 2. The molecule has 1 aromatic rings. The van der Waals surface area contributed by atoms with Gasteiger partial charge >= 0.3 is 0 Å². The van der Waals surface area contributed by atoms with Crippen LogP contribution >= 0.6 is 15.9 Å². The van der Waals surface area contributed by atoms with Gasteiger partial charge in [-0.3, -0.25) is 9.59 Å². The van der Waals surface area contributed by atoms with E-state index in [4.69, 9.17) is 5.73 Å². The second kappa shape index (κ2) is 4.97. The Morgan fingerprint density at radius 2 is 2.28 bits per heavy atom. The molecule has 0 aliphatic carbocycles. The molecule has 1 fully saturated rings. The van der Waals surface area contributed by atoms with E-state index < -0.39 is 6.04 Å². The predicted octanol–water partition coefficient (Wildman–Crippen LogP) is 0.992. The van der Waals surface area contributed by atoms with Crippen molar-refractivity contribution in [3.05, 3.63) is 28.2 Å². The highest BCUT2D eigenvalue weighted by Gasteiger charge is 2.29. The van der Waals surface area contributed by atoms with Crippen molar-refractivity contribution >= 4 is 33.4 Å². The Kier molecular flexibility index (Phi) is 3.56. The van der Waals surface area contributed by atoms with Crippen LogP contribution in [0.5, 0.6) is 0 Å². The first-order valence-corrected chi connectivity index (χ1v) is 6.43. The predicted molar refractivity (Wildman–Crippen MR) is 72.1 cm³/mol. The average Bonchev–Trinajstić information content (AvgIpc) is 2.35. The third-order valence-electron chi connectivity index (χ3n) is 3.00. The zero-order valence-electron chi connectivity index (χ0n) is 9.94. The lowest BCUT2D eigenvalue weighted by Crippen LogP contribution is -2.55. The SMILES string of the molecule is CC1C(=O)NCCN1C(=O)c1ccc(Br)c(N)c1. The van der Waals surface area contributed by atoms with Crippen molar-refractivity contribution in [1.82, 2.24) is 10.2 Å². The van der Waals surface area contributed by atoms with E-state index in [1.165, 1.54) is 0 Å². The Morgan fingerprint density at radius 1 is 1.56 bits per heavy atom. The minimum atomic E-state index is -0.448. The summed E-state index contributed by atoms with van der Waals surface area (Å²) in [6.45, 7) is 2.72. The zero-order chi connectivity index (χ0) is 13.3. The van der Waals surface area contributed by atoms with Crippen LogP contribution < -0.4 is 11.1 Å². The average molecular weight is 312 g/mol. The largest absolute Gasteiger partial charge is 0.398 e. The van der Waals surface area contributed by atoms with Gasteiger partial charge in [0.25, 0.3) is 5.91 Å². The molecule has 0 aromatic heterocycles. The van der Waals surface area contributed by atoms with Crippen LogP contribution in [0.4, 0.5) is 5.69 Å². The minimum Gasteiger partial charge on any atom is -0.398 e. The Bertz CT molecular complexity index is 504. The summed E-state index contributed by atoms with van der Waals surface area (Å²) in [5.41, 5.74) is 6.76. The van der Waals surface area contributed by atoms with E-state index in [1.807, 2.05) is 0 Å². The van der Waals surface area contributed by atoms with Gasteiger partial charge in [0.1, 0.15) is 6.04 Å². The summed E-state index contributed by atoms with van der Waals surface area (Å²) in [4.78, 5) is 25.4. The molecule has 6 heteroatoms. The molecule has 0 bridgehead atoms. The number of benzene rings is 1. The van der Waals surface area contributed by atoms with Crippen molar-refractivity contribution in [2.24, 2.45) is 0 Å².